The summed E-state index contributed by atoms with van der Waals surface area (Å²) >= 11 is 0. The van der Waals surface area contributed by atoms with Crippen molar-refractivity contribution in [3.63, 3.8) is 0 Å². The van der Waals surface area contributed by atoms with E-state index in [0.717, 1.165) is 51.4 Å². The molecular weight excluding hydrogens is 665 g/mol. The molecule has 0 amide bonds. The van der Waals surface area contributed by atoms with Crippen LogP contribution >= 0.6 is 7.82 Å². The van der Waals surface area contributed by atoms with Crippen molar-refractivity contribution >= 4 is 19.8 Å². The Labute approximate surface area is 313 Å². The van der Waals surface area contributed by atoms with Gasteiger partial charge in [-0.2, -0.15) is 0 Å². The van der Waals surface area contributed by atoms with Crippen molar-refractivity contribution in [1.29, 1.82) is 0 Å². The van der Waals surface area contributed by atoms with E-state index in [1.54, 1.807) is 0 Å². The Bertz CT molecular complexity index is 856. The van der Waals surface area contributed by atoms with E-state index in [1.807, 2.05) is 0 Å². The van der Waals surface area contributed by atoms with E-state index in [0.29, 0.717) is 6.42 Å². The minimum Gasteiger partial charge on any atom is -0.462 e. The van der Waals surface area contributed by atoms with Gasteiger partial charge in [0, 0.05) is 19.4 Å². The molecule has 51 heavy (non-hydrogen) atoms. The molecule has 0 aromatic carbocycles. The first-order valence-electron chi connectivity index (χ1n) is 21.2. The number of carbonyl (C=O) groups is 2. The second kappa shape index (κ2) is 38.5. The van der Waals surface area contributed by atoms with Crippen LogP contribution in [-0.4, -0.2) is 49.3 Å². The van der Waals surface area contributed by atoms with Crippen molar-refractivity contribution in [3.05, 3.63) is 12.2 Å². The summed E-state index contributed by atoms with van der Waals surface area (Å²) in [5.41, 5.74) is 5.34. The van der Waals surface area contributed by atoms with E-state index >= 15 is 0 Å². The SMILES string of the molecule is CCCCCCC=CCCCCCCCC(=O)OC(COC(=O)CCCCCCCCCCCCCCCCCCC)COP(=O)(O)OCCN. The molecule has 0 saturated heterocycles. The average molecular weight is 746 g/mol. The van der Waals surface area contributed by atoms with Gasteiger partial charge in [-0.25, -0.2) is 4.57 Å². The first kappa shape index (κ1) is 49.8. The van der Waals surface area contributed by atoms with Gasteiger partial charge in [0.15, 0.2) is 6.10 Å². The molecule has 0 aromatic rings. The Balaban J connectivity index is 4.12. The van der Waals surface area contributed by atoms with Crippen LogP contribution in [0.25, 0.3) is 0 Å². The number of esters is 2. The third kappa shape index (κ3) is 38.3. The number of phosphoric acid groups is 1. The third-order valence-electron chi connectivity index (χ3n) is 9.15. The molecule has 0 radical (unpaired) electrons. The molecule has 0 aromatic heterocycles. The number of rotatable bonds is 40. The van der Waals surface area contributed by atoms with Crippen LogP contribution in [0, 0.1) is 0 Å². The molecule has 0 heterocycles. The lowest BCUT2D eigenvalue weighted by Crippen LogP contribution is -2.29. The van der Waals surface area contributed by atoms with E-state index in [2.05, 4.69) is 26.0 Å². The molecule has 2 unspecified atom stereocenters. The van der Waals surface area contributed by atoms with Crippen LogP contribution in [0.15, 0.2) is 12.2 Å². The summed E-state index contributed by atoms with van der Waals surface area (Å²) in [4.78, 5) is 34.8. The second-order valence-corrected chi connectivity index (χ2v) is 15.7. The fourth-order valence-electron chi connectivity index (χ4n) is 5.98. The van der Waals surface area contributed by atoms with Gasteiger partial charge in [-0.1, -0.05) is 167 Å². The second-order valence-electron chi connectivity index (χ2n) is 14.2. The summed E-state index contributed by atoms with van der Waals surface area (Å²) in [6.45, 7) is 3.73. The molecular formula is C41H80NO8P. The number of carbonyl (C=O) groups excluding carboxylic acids is 2. The maximum atomic E-state index is 12.5. The molecule has 0 saturated carbocycles. The minimum atomic E-state index is -4.37. The van der Waals surface area contributed by atoms with Gasteiger partial charge >= 0.3 is 19.8 Å². The highest BCUT2D eigenvalue weighted by molar-refractivity contribution is 7.47. The van der Waals surface area contributed by atoms with Gasteiger partial charge in [0.1, 0.15) is 6.61 Å². The van der Waals surface area contributed by atoms with Crippen molar-refractivity contribution in [2.75, 3.05) is 26.4 Å². The molecule has 0 aliphatic heterocycles. The van der Waals surface area contributed by atoms with Crippen LogP contribution < -0.4 is 5.73 Å². The largest absolute Gasteiger partial charge is 0.472 e. The van der Waals surface area contributed by atoms with E-state index < -0.39 is 26.5 Å². The van der Waals surface area contributed by atoms with E-state index in [1.165, 1.54) is 122 Å². The molecule has 0 bridgehead atoms. The molecule has 0 aliphatic carbocycles. The van der Waals surface area contributed by atoms with Crippen LogP contribution in [0.2, 0.25) is 0 Å². The lowest BCUT2D eigenvalue weighted by molar-refractivity contribution is -0.161. The molecule has 3 N–H and O–H groups in total. The molecule has 0 aliphatic rings. The van der Waals surface area contributed by atoms with Crippen LogP contribution in [0.5, 0.6) is 0 Å². The molecule has 302 valence electrons. The maximum Gasteiger partial charge on any atom is 0.472 e. The molecule has 2 atom stereocenters. The fourth-order valence-corrected chi connectivity index (χ4v) is 6.75. The van der Waals surface area contributed by atoms with Gasteiger partial charge in [0.2, 0.25) is 0 Å². The number of phosphoric ester groups is 1. The summed E-state index contributed by atoms with van der Waals surface area (Å²) in [7, 11) is -4.37. The third-order valence-corrected chi connectivity index (χ3v) is 10.1. The van der Waals surface area contributed by atoms with Crippen molar-refractivity contribution in [3.8, 4) is 0 Å². The average Bonchev–Trinajstić information content (AvgIpc) is 3.11. The van der Waals surface area contributed by atoms with Gasteiger partial charge < -0.3 is 20.1 Å². The topological polar surface area (TPSA) is 134 Å². The number of unbranched alkanes of at least 4 members (excludes halogenated alkanes) is 25. The predicted molar refractivity (Wildman–Crippen MR) is 211 cm³/mol. The van der Waals surface area contributed by atoms with Crippen molar-refractivity contribution in [2.24, 2.45) is 5.73 Å². The molecule has 0 spiro atoms. The summed E-state index contributed by atoms with van der Waals surface area (Å²) < 4.78 is 32.7. The molecule has 0 rings (SSSR count). The lowest BCUT2D eigenvalue weighted by atomic mass is 10.0. The summed E-state index contributed by atoms with van der Waals surface area (Å²) in [5, 5.41) is 0. The van der Waals surface area contributed by atoms with Crippen molar-refractivity contribution < 1.29 is 37.6 Å². The Morgan fingerprint density at radius 2 is 0.961 bits per heavy atom. The van der Waals surface area contributed by atoms with Gasteiger partial charge in [-0.15, -0.1) is 0 Å². The fraction of sp³-hybridized carbons (Fsp3) is 0.902. The highest BCUT2D eigenvalue weighted by Crippen LogP contribution is 2.43. The number of ether oxygens (including phenoxy) is 2. The van der Waals surface area contributed by atoms with Gasteiger partial charge in [-0.05, 0) is 38.5 Å². The zero-order valence-corrected chi connectivity index (χ0v) is 34.0. The van der Waals surface area contributed by atoms with Crippen LogP contribution in [0.1, 0.15) is 206 Å². The van der Waals surface area contributed by atoms with Crippen LogP contribution in [-0.2, 0) is 32.7 Å². The standard InChI is InChI=1S/C41H80NO8P/c1-3-5-7-9-11-13-15-17-18-19-20-22-23-25-27-29-31-33-40(43)47-37-39(38-49-51(45,46)48-36-35-42)50-41(44)34-32-30-28-26-24-21-16-14-12-10-8-6-4-2/h14,16,39H,3-13,15,17-38,42H2,1-2H3,(H,45,46). The smallest absolute Gasteiger partial charge is 0.462 e. The van der Waals surface area contributed by atoms with E-state index in [4.69, 9.17) is 24.3 Å². The number of hydrogen-bond donors (Lipinski definition) is 2. The van der Waals surface area contributed by atoms with Gasteiger partial charge in [-0.3, -0.25) is 18.6 Å². The first-order valence-corrected chi connectivity index (χ1v) is 22.7. The van der Waals surface area contributed by atoms with Crippen LogP contribution in [0.3, 0.4) is 0 Å². The summed E-state index contributed by atoms with van der Waals surface area (Å²) in [6.07, 6.45) is 38.1. The predicted octanol–water partition coefficient (Wildman–Crippen LogP) is 11.8. The molecule has 10 heteroatoms. The summed E-state index contributed by atoms with van der Waals surface area (Å²) in [6, 6.07) is 0. The highest BCUT2D eigenvalue weighted by Gasteiger charge is 2.26. The van der Waals surface area contributed by atoms with E-state index in [9.17, 15) is 19.0 Å². The first-order chi connectivity index (χ1) is 24.8. The Morgan fingerprint density at radius 3 is 1.41 bits per heavy atom. The number of nitrogens with two attached hydrogens (primary N) is 1. The highest BCUT2D eigenvalue weighted by atomic mass is 31.2. The van der Waals surface area contributed by atoms with Gasteiger partial charge in [0.25, 0.3) is 0 Å². The van der Waals surface area contributed by atoms with E-state index in [-0.39, 0.29) is 38.6 Å². The quantitative estimate of drug-likeness (QED) is 0.0272. The zero-order chi connectivity index (χ0) is 37.5. The normalized spacial score (nSPS) is 13.4. The zero-order valence-electron chi connectivity index (χ0n) is 33.1. The van der Waals surface area contributed by atoms with Crippen LogP contribution in [0.4, 0.5) is 0 Å². The Kier molecular flexibility index (Phi) is 37.5. The molecule has 0 fully saturated rings. The van der Waals surface area contributed by atoms with Gasteiger partial charge in [0.05, 0.1) is 13.2 Å². The lowest BCUT2D eigenvalue weighted by Gasteiger charge is -2.19. The molecule has 9 nitrogen and oxygen atoms in total. The number of hydrogen-bond acceptors (Lipinski definition) is 8. The number of allylic oxidation sites excluding steroid dienone is 2. The van der Waals surface area contributed by atoms with Crippen molar-refractivity contribution in [2.45, 2.75) is 213 Å². The Morgan fingerprint density at radius 1 is 0.569 bits per heavy atom. The van der Waals surface area contributed by atoms with Crippen molar-refractivity contribution in [1.82, 2.24) is 0 Å². The maximum absolute atomic E-state index is 12.5. The minimum absolute atomic E-state index is 0.0547. The summed E-state index contributed by atoms with van der Waals surface area (Å²) in [5.74, 6) is -0.829. The Hall–Kier alpha value is -1.25. The monoisotopic (exact) mass is 746 g/mol.